The predicted molar refractivity (Wildman–Crippen MR) is 98.2 cm³/mol. The van der Waals surface area contributed by atoms with Crippen molar-refractivity contribution in [3.8, 4) is 0 Å². The summed E-state index contributed by atoms with van der Waals surface area (Å²) in [6.07, 6.45) is 0. The highest BCUT2D eigenvalue weighted by molar-refractivity contribution is 5.73. The van der Waals surface area contributed by atoms with Crippen LogP contribution in [-0.4, -0.2) is 41.9 Å². The van der Waals surface area contributed by atoms with Gasteiger partial charge >= 0.3 is 0 Å². The fourth-order valence-electron chi connectivity index (χ4n) is 2.77. The summed E-state index contributed by atoms with van der Waals surface area (Å²) in [5.41, 5.74) is 2.37. The van der Waals surface area contributed by atoms with Gasteiger partial charge in [-0.1, -0.05) is 0 Å². The summed E-state index contributed by atoms with van der Waals surface area (Å²) < 4.78 is 0. The fraction of sp³-hybridized carbons (Fsp3) is 0.278. The molecule has 0 unspecified atom stereocenters. The van der Waals surface area contributed by atoms with E-state index in [9.17, 15) is 14.9 Å². The number of nitro benzene ring substituents is 1. The molecule has 3 rings (SSSR count). The average molecular weight is 353 g/mol. The number of nitro groups is 1. The summed E-state index contributed by atoms with van der Waals surface area (Å²) in [5, 5.41) is 18.9. The number of hydrogen-bond donors (Lipinski definition) is 0. The molecule has 0 N–H and O–H groups in total. The van der Waals surface area contributed by atoms with Crippen LogP contribution in [0.25, 0.3) is 0 Å². The molecule has 8 heteroatoms. The number of nitrogens with zero attached hydrogens (tertiary/aromatic N) is 5. The van der Waals surface area contributed by atoms with Crippen LogP contribution in [0.15, 0.2) is 58.8 Å². The Labute approximate surface area is 150 Å². The van der Waals surface area contributed by atoms with Crippen molar-refractivity contribution in [2.24, 2.45) is 10.2 Å². The molecule has 0 aromatic heterocycles. The topological polar surface area (TPSA) is 91.4 Å². The van der Waals surface area contributed by atoms with E-state index in [1.807, 2.05) is 29.2 Å². The maximum atomic E-state index is 11.4. The van der Waals surface area contributed by atoms with E-state index in [0.29, 0.717) is 11.4 Å². The molecule has 26 heavy (non-hydrogen) atoms. The van der Waals surface area contributed by atoms with Crippen molar-refractivity contribution >= 4 is 28.7 Å². The molecule has 1 aliphatic heterocycles. The van der Waals surface area contributed by atoms with Crippen LogP contribution in [0.2, 0.25) is 0 Å². The lowest BCUT2D eigenvalue weighted by atomic mass is 10.2. The minimum Gasteiger partial charge on any atom is -0.368 e. The Balaban J connectivity index is 1.61. The first-order valence-electron chi connectivity index (χ1n) is 8.29. The van der Waals surface area contributed by atoms with Gasteiger partial charge in [-0.3, -0.25) is 14.9 Å². The number of carbonyl (C=O) groups is 1. The highest BCUT2D eigenvalue weighted by Gasteiger charge is 2.18. The number of non-ortho nitro benzene ring substituents is 1. The second-order valence-corrected chi connectivity index (χ2v) is 5.98. The van der Waals surface area contributed by atoms with Gasteiger partial charge in [-0.25, -0.2) is 0 Å². The number of amides is 1. The van der Waals surface area contributed by atoms with Gasteiger partial charge in [0.05, 0.1) is 16.3 Å². The van der Waals surface area contributed by atoms with Gasteiger partial charge in [0, 0.05) is 50.9 Å². The van der Waals surface area contributed by atoms with Crippen LogP contribution in [0.4, 0.5) is 22.7 Å². The maximum Gasteiger partial charge on any atom is 0.269 e. The van der Waals surface area contributed by atoms with Crippen molar-refractivity contribution in [2.75, 3.05) is 31.1 Å². The Hall–Kier alpha value is -3.29. The predicted octanol–water partition coefficient (Wildman–Crippen LogP) is 3.68. The molecule has 0 atom stereocenters. The second-order valence-electron chi connectivity index (χ2n) is 5.98. The molecule has 134 valence electrons. The molecule has 1 amide bonds. The molecule has 0 saturated carbocycles. The summed E-state index contributed by atoms with van der Waals surface area (Å²) in [5.74, 6) is 0.117. The van der Waals surface area contributed by atoms with Crippen LogP contribution in [0.3, 0.4) is 0 Å². The first-order valence-corrected chi connectivity index (χ1v) is 8.29. The van der Waals surface area contributed by atoms with Crippen LogP contribution in [0, 0.1) is 10.1 Å². The molecule has 8 nitrogen and oxygen atoms in total. The van der Waals surface area contributed by atoms with Gasteiger partial charge in [-0.2, -0.15) is 10.2 Å². The molecule has 0 radical (unpaired) electrons. The largest absolute Gasteiger partial charge is 0.368 e. The smallest absolute Gasteiger partial charge is 0.269 e. The molecular weight excluding hydrogens is 334 g/mol. The third kappa shape index (κ3) is 4.21. The number of carbonyl (C=O) groups excluding carboxylic acids is 1. The Morgan fingerprint density at radius 3 is 1.88 bits per heavy atom. The Morgan fingerprint density at radius 2 is 1.42 bits per heavy atom. The van der Waals surface area contributed by atoms with Gasteiger partial charge < -0.3 is 9.80 Å². The van der Waals surface area contributed by atoms with Gasteiger partial charge in [0.25, 0.3) is 5.69 Å². The normalized spacial score (nSPS) is 14.7. The van der Waals surface area contributed by atoms with Crippen LogP contribution in [0.1, 0.15) is 6.92 Å². The Kier molecular flexibility index (Phi) is 5.21. The van der Waals surface area contributed by atoms with E-state index in [2.05, 4.69) is 15.1 Å². The second kappa shape index (κ2) is 7.73. The molecule has 1 fully saturated rings. The standard InChI is InChI=1S/C18H19N5O3/c1-14(24)21-10-12-22(13-11-21)17-6-2-15(3-7-17)19-20-16-4-8-18(9-5-16)23(25)26/h2-9H,10-13H2,1H3. The third-order valence-electron chi connectivity index (χ3n) is 4.28. The lowest BCUT2D eigenvalue weighted by Crippen LogP contribution is -2.48. The number of benzene rings is 2. The van der Waals surface area contributed by atoms with Crippen LogP contribution in [-0.2, 0) is 4.79 Å². The van der Waals surface area contributed by atoms with Crippen molar-refractivity contribution in [1.82, 2.24) is 4.90 Å². The molecule has 2 aromatic carbocycles. The highest BCUT2D eigenvalue weighted by Crippen LogP contribution is 2.24. The van der Waals surface area contributed by atoms with E-state index in [4.69, 9.17) is 0 Å². The zero-order valence-corrected chi connectivity index (χ0v) is 14.4. The molecule has 1 saturated heterocycles. The number of piperazine rings is 1. The molecule has 0 bridgehead atoms. The van der Waals surface area contributed by atoms with Gasteiger partial charge in [0.2, 0.25) is 5.91 Å². The highest BCUT2D eigenvalue weighted by atomic mass is 16.6. The van der Waals surface area contributed by atoms with Gasteiger partial charge in [0.15, 0.2) is 0 Å². The molecular formula is C18H19N5O3. The Bertz CT molecular complexity index is 810. The maximum absolute atomic E-state index is 11.4. The molecule has 0 aliphatic carbocycles. The minimum absolute atomic E-state index is 0.0261. The number of hydrogen-bond acceptors (Lipinski definition) is 6. The van der Waals surface area contributed by atoms with Gasteiger partial charge in [0.1, 0.15) is 0 Å². The van der Waals surface area contributed by atoms with Crippen LogP contribution in [0.5, 0.6) is 0 Å². The fourth-order valence-corrected chi connectivity index (χ4v) is 2.77. The van der Waals surface area contributed by atoms with E-state index < -0.39 is 4.92 Å². The zero-order valence-electron chi connectivity index (χ0n) is 14.4. The number of anilines is 1. The number of rotatable bonds is 4. The van der Waals surface area contributed by atoms with E-state index in [-0.39, 0.29) is 11.6 Å². The summed E-state index contributed by atoms with van der Waals surface area (Å²) in [7, 11) is 0. The SMILES string of the molecule is CC(=O)N1CCN(c2ccc(N=Nc3ccc([N+](=O)[O-])cc3)cc2)CC1. The summed E-state index contributed by atoms with van der Waals surface area (Å²) in [4.78, 5) is 25.6. The zero-order chi connectivity index (χ0) is 18.5. The van der Waals surface area contributed by atoms with Crippen LogP contribution >= 0.6 is 0 Å². The molecule has 0 spiro atoms. The first-order chi connectivity index (χ1) is 12.5. The monoisotopic (exact) mass is 353 g/mol. The van der Waals surface area contributed by atoms with Gasteiger partial charge in [-0.15, -0.1) is 0 Å². The molecule has 2 aromatic rings. The van der Waals surface area contributed by atoms with Crippen molar-refractivity contribution in [3.63, 3.8) is 0 Å². The summed E-state index contributed by atoms with van der Waals surface area (Å²) >= 11 is 0. The van der Waals surface area contributed by atoms with Crippen molar-refractivity contribution in [2.45, 2.75) is 6.92 Å². The van der Waals surface area contributed by atoms with Crippen molar-refractivity contribution in [1.29, 1.82) is 0 Å². The van der Waals surface area contributed by atoms with Crippen molar-refractivity contribution < 1.29 is 9.72 Å². The third-order valence-corrected chi connectivity index (χ3v) is 4.28. The Morgan fingerprint density at radius 1 is 0.923 bits per heavy atom. The van der Waals surface area contributed by atoms with Crippen molar-refractivity contribution in [3.05, 3.63) is 58.6 Å². The summed E-state index contributed by atoms with van der Waals surface area (Å²) in [6.45, 7) is 4.68. The quantitative estimate of drug-likeness (QED) is 0.476. The first kappa shape index (κ1) is 17.5. The van der Waals surface area contributed by atoms with Gasteiger partial charge in [-0.05, 0) is 36.4 Å². The lowest BCUT2D eigenvalue weighted by molar-refractivity contribution is -0.384. The lowest BCUT2D eigenvalue weighted by Gasteiger charge is -2.35. The van der Waals surface area contributed by atoms with Crippen LogP contribution < -0.4 is 4.90 Å². The minimum atomic E-state index is -0.449. The molecule has 1 heterocycles. The average Bonchev–Trinajstić information content (AvgIpc) is 2.67. The molecule has 1 aliphatic rings. The van der Waals surface area contributed by atoms with E-state index in [1.165, 1.54) is 12.1 Å². The van der Waals surface area contributed by atoms with E-state index >= 15 is 0 Å². The van der Waals surface area contributed by atoms with E-state index in [0.717, 1.165) is 31.9 Å². The van der Waals surface area contributed by atoms with E-state index in [1.54, 1.807) is 19.1 Å². The summed E-state index contributed by atoms with van der Waals surface area (Å²) in [6, 6.07) is 13.6. The number of azo groups is 1.